The largest absolute Gasteiger partial charge is 0.486 e. The van der Waals surface area contributed by atoms with Crippen LogP contribution in [0.3, 0.4) is 0 Å². The van der Waals surface area contributed by atoms with Gasteiger partial charge in [0.1, 0.15) is 12.4 Å². The van der Waals surface area contributed by atoms with Crippen molar-refractivity contribution in [3.05, 3.63) is 97.8 Å². The SMILES string of the molecule is O=[N+]([O-])c1cccc(NCc2cc(Cl)c(OCc3cccc(F)c3)c(Cl)c2)c1. The Labute approximate surface area is 170 Å². The molecule has 0 radical (unpaired) electrons. The molecule has 0 saturated carbocycles. The summed E-state index contributed by atoms with van der Waals surface area (Å²) in [6.45, 7) is 0.493. The molecule has 3 aromatic carbocycles. The molecule has 0 atom stereocenters. The van der Waals surface area contributed by atoms with Crippen molar-refractivity contribution in [3.8, 4) is 5.75 Å². The first kappa shape index (κ1) is 19.9. The number of hydrogen-bond donors (Lipinski definition) is 1. The Morgan fingerprint density at radius 1 is 1.00 bits per heavy atom. The molecule has 0 aliphatic rings. The standard InChI is InChI=1S/C20H15Cl2FN2O3/c21-18-8-14(11-24-16-5-2-6-17(10-16)25(26)27)9-19(22)20(18)28-12-13-3-1-4-15(23)7-13/h1-10,24H,11-12H2. The summed E-state index contributed by atoms with van der Waals surface area (Å²) >= 11 is 12.6. The van der Waals surface area contributed by atoms with Crippen LogP contribution >= 0.6 is 23.2 Å². The third-order valence-electron chi connectivity index (χ3n) is 3.88. The fourth-order valence-electron chi connectivity index (χ4n) is 2.57. The zero-order valence-electron chi connectivity index (χ0n) is 14.5. The molecule has 144 valence electrons. The van der Waals surface area contributed by atoms with Crippen molar-refractivity contribution in [1.82, 2.24) is 0 Å². The van der Waals surface area contributed by atoms with Gasteiger partial charge < -0.3 is 10.1 Å². The fourth-order valence-corrected chi connectivity index (χ4v) is 3.21. The van der Waals surface area contributed by atoms with Gasteiger partial charge in [-0.05, 0) is 41.5 Å². The fraction of sp³-hybridized carbons (Fsp3) is 0.100. The monoisotopic (exact) mass is 420 g/mol. The number of rotatable bonds is 7. The molecule has 1 N–H and O–H groups in total. The van der Waals surface area contributed by atoms with Gasteiger partial charge in [-0.3, -0.25) is 10.1 Å². The van der Waals surface area contributed by atoms with E-state index in [2.05, 4.69) is 5.32 Å². The predicted molar refractivity (Wildman–Crippen MR) is 108 cm³/mol. The Morgan fingerprint density at radius 3 is 2.39 bits per heavy atom. The van der Waals surface area contributed by atoms with Gasteiger partial charge in [0.2, 0.25) is 0 Å². The zero-order chi connectivity index (χ0) is 20.1. The average molecular weight is 421 g/mol. The number of non-ortho nitro benzene ring substituents is 1. The minimum Gasteiger partial charge on any atom is -0.486 e. The molecule has 3 aromatic rings. The van der Waals surface area contributed by atoms with E-state index in [1.807, 2.05) is 0 Å². The summed E-state index contributed by atoms with van der Waals surface area (Å²) < 4.78 is 18.9. The van der Waals surface area contributed by atoms with Gasteiger partial charge in [0.25, 0.3) is 5.69 Å². The molecule has 0 spiro atoms. The highest BCUT2D eigenvalue weighted by Gasteiger charge is 2.11. The van der Waals surface area contributed by atoms with Crippen molar-refractivity contribution in [1.29, 1.82) is 0 Å². The van der Waals surface area contributed by atoms with Crippen LogP contribution in [0.1, 0.15) is 11.1 Å². The summed E-state index contributed by atoms with van der Waals surface area (Å²) in [6, 6.07) is 15.6. The molecule has 0 aliphatic heterocycles. The summed E-state index contributed by atoms with van der Waals surface area (Å²) in [5.41, 5.74) is 2.04. The van der Waals surface area contributed by atoms with Crippen LogP contribution in [0.4, 0.5) is 15.8 Å². The van der Waals surface area contributed by atoms with E-state index < -0.39 is 4.92 Å². The molecule has 0 saturated heterocycles. The predicted octanol–water partition coefficient (Wildman–Crippen LogP) is 6.23. The second-order valence-electron chi connectivity index (χ2n) is 5.97. The van der Waals surface area contributed by atoms with E-state index in [1.54, 1.807) is 36.4 Å². The van der Waals surface area contributed by atoms with Gasteiger partial charge in [-0.2, -0.15) is 0 Å². The highest BCUT2D eigenvalue weighted by molar-refractivity contribution is 6.37. The number of nitrogens with one attached hydrogen (secondary N) is 1. The topological polar surface area (TPSA) is 64.4 Å². The van der Waals surface area contributed by atoms with Crippen molar-refractivity contribution in [2.75, 3.05) is 5.32 Å². The Hall–Kier alpha value is -2.83. The van der Waals surface area contributed by atoms with E-state index in [9.17, 15) is 14.5 Å². The molecule has 3 rings (SSSR count). The molecule has 0 aliphatic carbocycles. The molecule has 0 amide bonds. The van der Waals surface area contributed by atoms with Crippen molar-refractivity contribution in [2.24, 2.45) is 0 Å². The van der Waals surface area contributed by atoms with Gasteiger partial charge in [0, 0.05) is 24.4 Å². The van der Waals surface area contributed by atoms with Crippen molar-refractivity contribution < 1.29 is 14.1 Å². The van der Waals surface area contributed by atoms with E-state index in [1.165, 1.54) is 24.3 Å². The van der Waals surface area contributed by atoms with Crippen LogP contribution < -0.4 is 10.1 Å². The number of nitro benzene ring substituents is 1. The van der Waals surface area contributed by atoms with Crippen LogP contribution in [0.2, 0.25) is 10.0 Å². The second kappa shape index (κ2) is 8.91. The van der Waals surface area contributed by atoms with Gasteiger partial charge in [-0.1, -0.05) is 41.4 Å². The highest BCUT2D eigenvalue weighted by atomic mass is 35.5. The van der Waals surface area contributed by atoms with Crippen molar-refractivity contribution in [3.63, 3.8) is 0 Å². The summed E-state index contributed by atoms with van der Waals surface area (Å²) in [5, 5.41) is 14.6. The number of anilines is 1. The second-order valence-corrected chi connectivity index (χ2v) is 6.78. The van der Waals surface area contributed by atoms with E-state index in [0.717, 1.165) is 5.56 Å². The van der Waals surface area contributed by atoms with Crippen LogP contribution in [-0.4, -0.2) is 4.92 Å². The lowest BCUT2D eigenvalue weighted by molar-refractivity contribution is -0.384. The normalized spacial score (nSPS) is 10.5. The third-order valence-corrected chi connectivity index (χ3v) is 4.45. The van der Waals surface area contributed by atoms with E-state index >= 15 is 0 Å². The Morgan fingerprint density at radius 2 is 1.71 bits per heavy atom. The number of nitro groups is 1. The zero-order valence-corrected chi connectivity index (χ0v) is 16.0. The molecule has 0 fully saturated rings. The van der Waals surface area contributed by atoms with Crippen molar-refractivity contribution in [2.45, 2.75) is 13.2 Å². The third kappa shape index (κ3) is 5.12. The maximum atomic E-state index is 13.2. The maximum Gasteiger partial charge on any atom is 0.271 e. The van der Waals surface area contributed by atoms with Gasteiger partial charge in [-0.25, -0.2) is 4.39 Å². The number of nitrogens with zero attached hydrogens (tertiary/aromatic N) is 1. The molecule has 0 heterocycles. The lowest BCUT2D eigenvalue weighted by Gasteiger charge is -2.13. The Bertz CT molecular complexity index is 991. The van der Waals surface area contributed by atoms with Gasteiger partial charge >= 0.3 is 0 Å². The summed E-state index contributed by atoms with van der Waals surface area (Å²) in [6.07, 6.45) is 0. The maximum absolute atomic E-state index is 13.2. The Kier molecular flexibility index (Phi) is 6.34. The summed E-state index contributed by atoms with van der Waals surface area (Å²) in [7, 11) is 0. The van der Waals surface area contributed by atoms with Crippen LogP contribution in [0, 0.1) is 15.9 Å². The molecule has 0 aromatic heterocycles. The molecule has 8 heteroatoms. The summed E-state index contributed by atoms with van der Waals surface area (Å²) in [5.74, 6) is -0.0347. The average Bonchev–Trinajstić information content (AvgIpc) is 2.66. The molecular weight excluding hydrogens is 406 g/mol. The molecule has 0 unspecified atom stereocenters. The first-order valence-electron chi connectivity index (χ1n) is 8.26. The number of hydrogen-bond acceptors (Lipinski definition) is 4. The van der Waals surface area contributed by atoms with Crippen molar-refractivity contribution >= 4 is 34.6 Å². The minimum absolute atomic E-state index is 0.00200. The van der Waals surface area contributed by atoms with Crippen LogP contribution in [0.25, 0.3) is 0 Å². The number of halogens is 3. The summed E-state index contributed by atoms with van der Waals surface area (Å²) in [4.78, 5) is 10.4. The molecule has 28 heavy (non-hydrogen) atoms. The molecular formula is C20H15Cl2FN2O3. The lowest BCUT2D eigenvalue weighted by atomic mass is 10.2. The van der Waals surface area contributed by atoms with Gasteiger partial charge in [-0.15, -0.1) is 0 Å². The number of benzene rings is 3. The molecule has 0 bridgehead atoms. The van der Waals surface area contributed by atoms with E-state index in [0.29, 0.717) is 33.6 Å². The van der Waals surface area contributed by atoms with E-state index in [4.69, 9.17) is 27.9 Å². The van der Waals surface area contributed by atoms with Crippen LogP contribution in [-0.2, 0) is 13.2 Å². The van der Waals surface area contributed by atoms with Crippen LogP contribution in [0.5, 0.6) is 5.75 Å². The minimum atomic E-state index is -0.455. The smallest absolute Gasteiger partial charge is 0.271 e. The number of ether oxygens (including phenoxy) is 1. The first-order chi connectivity index (χ1) is 13.4. The Balaban J connectivity index is 1.67. The van der Waals surface area contributed by atoms with Gasteiger partial charge in [0.05, 0.1) is 15.0 Å². The highest BCUT2D eigenvalue weighted by Crippen LogP contribution is 2.35. The quantitative estimate of drug-likeness (QED) is 0.363. The van der Waals surface area contributed by atoms with Gasteiger partial charge in [0.15, 0.2) is 5.75 Å². The first-order valence-corrected chi connectivity index (χ1v) is 9.01. The van der Waals surface area contributed by atoms with Crippen LogP contribution in [0.15, 0.2) is 60.7 Å². The van der Waals surface area contributed by atoms with E-state index in [-0.39, 0.29) is 18.1 Å². The molecule has 5 nitrogen and oxygen atoms in total. The lowest BCUT2D eigenvalue weighted by Crippen LogP contribution is -2.02.